The molecule has 2 atom stereocenters. The Morgan fingerprint density at radius 1 is 1.43 bits per heavy atom. The van der Waals surface area contributed by atoms with E-state index in [4.69, 9.17) is 0 Å². The van der Waals surface area contributed by atoms with E-state index in [1.54, 1.807) is 11.8 Å². The Morgan fingerprint density at radius 2 is 2.14 bits per heavy atom. The van der Waals surface area contributed by atoms with Crippen LogP contribution in [0.1, 0.15) is 19.3 Å². The summed E-state index contributed by atoms with van der Waals surface area (Å²) in [5.41, 5.74) is -0.619. The topological polar surface area (TPSA) is 110 Å². The van der Waals surface area contributed by atoms with Gasteiger partial charge < -0.3 is 5.11 Å². The zero-order valence-electron chi connectivity index (χ0n) is 11.4. The molecule has 2 unspecified atom stereocenters. The fourth-order valence-corrected chi connectivity index (χ4v) is 4.46. The maximum absolute atomic E-state index is 12.2. The molecule has 21 heavy (non-hydrogen) atoms. The number of sulfonamides is 1. The number of rotatable bonds is 5. The zero-order chi connectivity index (χ0) is 15.6. The summed E-state index contributed by atoms with van der Waals surface area (Å²) in [4.78, 5) is 9.73. The van der Waals surface area contributed by atoms with Gasteiger partial charge in [-0.05, 0) is 37.7 Å². The molecule has 0 bridgehead atoms. The SMILES string of the molecule is CSC1CCC(NS(=O)(=O)c2ccc(O)c([N+](=O)[O-])c2)C1. The Bertz CT molecular complexity index is 647. The van der Waals surface area contributed by atoms with E-state index in [1.165, 1.54) is 0 Å². The summed E-state index contributed by atoms with van der Waals surface area (Å²) in [5.74, 6) is -0.553. The number of nitro groups is 1. The number of benzene rings is 1. The highest BCUT2D eigenvalue weighted by atomic mass is 32.2. The average Bonchev–Trinajstić information content (AvgIpc) is 2.85. The molecular formula is C12H16N2O5S2. The molecule has 1 fully saturated rings. The maximum Gasteiger partial charge on any atom is 0.312 e. The van der Waals surface area contributed by atoms with E-state index in [-0.39, 0.29) is 10.9 Å². The quantitative estimate of drug-likeness (QED) is 0.629. The minimum absolute atomic E-state index is 0.152. The third-order valence-corrected chi connectivity index (χ3v) is 6.11. The predicted octanol–water partition coefficient (Wildman–Crippen LogP) is 1.86. The van der Waals surface area contributed by atoms with E-state index in [2.05, 4.69) is 4.72 Å². The first-order chi connectivity index (χ1) is 9.83. The molecule has 0 aliphatic heterocycles. The van der Waals surface area contributed by atoms with Crippen molar-refractivity contribution < 1.29 is 18.4 Å². The third kappa shape index (κ3) is 3.66. The van der Waals surface area contributed by atoms with E-state index in [1.807, 2.05) is 6.26 Å². The number of hydrogen-bond acceptors (Lipinski definition) is 6. The van der Waals surface area contributed by atoms with Gasteiger partial charge in [-0.2, -0.15) is 11.8 Å². The number of nitro benzene ring substituents is 1. The Morgan fingerprint density at radius 3 is 2.71 bits per heavy atom. The number of phenolic OH excluding ortho intramolecular Hbond substituents is 1. The number of nitrogens with one attached hydrogen (secondary N) is 1. The van der Waals surface area contributed by atoms with Crippen molar-refractivity contribution in [3.05, 3.63) is 28.3 Å². The second-order valence-electron chi connectivity index (χ2n) is 4.90. The molecule has 2 N–H and O–H groups in total. The summed E-state index contributed by atoms with van der Waals surface area (Å²) >= 11 is 1.71. The maximum atomic E-state index is 12.2. The molecule has 9 heteroatoms. The van der Waals surface area contributed by atoms with Crippen molar-refractivity contribution in [1.29, 1.82) is 0 Å². The van der Waals surface area contributed by atoms with Gasteiger partial charge in [0.05, 0.1) is 9.82 Å². The fraction of sp³-hybridized carbons (Fsp3) is 0.500. The number of aromatic hydroxyl groups is 1. The van der Waals surface area contributed by atoms with Crippen LogP contribution in [0.2, 0.25) is 0 Å². The van der Waals surface area contributed by atoms with Gasteiger partial charge in [-0.3, -0.25) is 10.1 Å². The Balaban J connectivity index is 2.20. The lowest BCUT2D eigenvalue weighted by atomic mass is 10.3. The van der Waals surface area contributed by atoms with Crippen LogP contribution in [0.5, 0.6) is 5.75 Å². The zero-order valence-corrected chi connectivity index (χ0v) is 13.0. The van der Waals surface area contributed by atoms with Crippen molar-refractivity contribution in [1.82, 2.24) is 4.72 Å². The smallest absolute Gasteiger partial charge is 0.312 e. The second kappa shape index (κ2) is 6.20. The van der Waals surface area contributed by atoms with Gasteiger partial charge in [-0.25, -0.2) is 13.1 Å². The van der Waals surface area contributed by atoms with Gasteiger partial charge in [-0.15, -0.1) is 0 Å². The summed E-state index contributed by atoms with van der Waals surface area (Å²) in [5, 5.41) is 20.6. The lowest BCUT2D eigenvalue weighted by Crippen LogP contribution is -2.33. The van der Waals surface area contributed by atoms with Crippen LogP contribution in [0, 0.1) is 10.1 Å². The van der Waals surface area contributed by atoms with Crippen LogP contribution in [0.15, 0.2) is 23.1 Å². The molecule has 1 aliphatic rings. The van der Waals surface area contributed by atoms with Gasteiger partial charge in [0, 0.05) is 17.4 Å². The molecule has 0 saturated heterocycles. The summed E-state index contributed by atoms with van der Waals surface area (Å²) < 4.78 is 27.1. The average molecular weight is 332 g/mol. The van der Waals surface area contributed by atoms with Crippen molar-refractivity contribution in [2.24, 2.45) is 0 Å². The molecule has 116 valence electrons. The Hall–Kier alpha value is -1.32. The van der Waals surface area contributed by atoms with Crippen LogP contribution in [0.4, 0.5) is 5.69 Å². The van der Waals surface area contributed by atoms with E-state index < -0.39 is 26.4 Å². The molecule has 0 heterocycles. The van der Waals surface area contributed by atoms with E-state index in [9.17, 15) is 23.6 Å². The highest BCUT2D eigenvalue weighted by Crippen LogP contribution is 2.31. The number of nitrogens with zero attached hydrogens (tertiary/aromatic N) is 1. The van der Waals surface area contributed by atoms with E-state index >= 15 is 0 Å². The van der Waals surface area contributed by atoms with Crippen LogP contribution in [-0.4, -0.2) is 36.0 Å². The molecule has 7 nitrogen and oxygen atoms in total. The highest BCUT2D eigenvalue weighted by Gasteiger charge is 2.29. The molecule has 1 aromatic carbocycles. The van der Waals surface area contributed by atoms with Gasteiger partial charge in [0.2, 0.25) is 10.0 Å². The first kappa shape index (κ1) is 16.1. The van der Waals surface area contributed by atoms with Gasteiger partial charge >= 0.3 is 5.69 Å². The molecule has 1 saturated carbocycles. The number of thioether (sulfide) groups is 1. The largest absolute Gasteiger partial charge is 0.502 e. The lowest BCUT2D eigenvalue weighted by Gasteiger charge is -2.13. The molecular weight excluding hydrogens is 316 g/mol. The lowest BCUT2D eigenvalue weighted by molar-refractivity contribution is -0.386. The molecule has 0 radical (unpaired) electrons. The van der Waals surface area contributed by atoms with Crippen LogP contribution >= 0.6 is 11.8 Å². The van der Waals surface area contributed by atoms with Crippen molar-refractivity contribution in [3.63, 3.8) is 0 Å². The fourth-order valence-electron chi connectivity index (χ4n) is 2.37. The van der Waals surface area contributed by atoms with Crippen LogP contribution in [0.3, 0.4) is 0 Å². The number of phenols is 1. The van der Waals surface area contributed by atoms with Crippen molar-refractivity contribution in [2.45, 2.75) is 35.4 Å². The van der Waals surface area contributed by atoms with Crippen molar-refractivity contribution >= 4 is 27.5 Å². The monoisotopic (exact) mass is 332 g/mol. The minimum Gasteiger partial charge on any atom is -0.502 e. The first-order valence-corrected chi connectivity index (χ1v) is 9.13. The van der Waals surface area contributed by atoms with Gasteiger partial charge in [-0.1, -0.05) is 0 Å². The van der Waals surface area contributed by atoms with Crippen LogP contribution < -0.4 is 4.72 Å². The predicted molar refractivity (Wildman–Crippen MR) is 80.0 cm³/mol. The molecule has 1 aliphatic carbocycles. The molecule has 0 amide bonds. The Kier molecular flexibility index (Phi) is 4.74. The standard InChI is InChI=1S/C12H16N2O5S2/c1-20-9-3-2-8(6-9)13-21(18,19)10-4-5-12(15)11(7-10)14(16)17/h4-5,7-9,13,15H,2-3,6H2,1H3. The molecule has 0 spiro atoms. The molecule has 2 rings (SSSR count). The molecule has 1 aromatic rings. The summed E-state index contributed by atoms with van der Waals surface area (Å²) in [6, 6.07) is 2.90. The van der Waals surface area contributed by atoms with Crippen LogP contribution in [0.25, 0.3) is 0 Å². The summed E-state index contributed by atoms with van der Waals surface area (Å²) in [6.07, 6.45) is 4.44. The number of hydrogen-bond donors (Lipinski definition) is 2. The normalized spacial score (nSPS) is 22.3. The van der Waals surface area contributed by atoms with Crippen LogP contribution in [-0.2, 0) is 10.0 Å². The molecule has 0 aromatic heterocycles. The van der Waals surface area contributed by atoms with Gasteiger partial charge in [0.15, 0.2) is 5.75 Å². The highest BCUT2D eigenvalue weighted by molar-refractivity contribution is 7.99. The van der Waals surface area contributed by atoms with Crippen molar-refractivity contribution in [3.8, 4) is 5.75 Å². The van der Waals surface area contributed by atoms with E-state index in [0.717, 1.165) is 37.5 Å². The van der Waals surface area contributed by atoms with Crippen molar-refractivity contribution in [2.75, 3.05) is 6.26 Å². The van der Waals surface area contributed by atoms with Gasteiger partial charge in [0.25, 0.3) is 0 Å². The summed E-state index contributed by atoms with van der Waals surface area (Å²) in [7, 11) is -3.82. The minimum atomic E-state index is -3.82. The van der Waals surface area contributed by atoms with Gasteiger partial charge in [0.1, 0.15) is 0 Å². The first-order valence-electron chi connectivity index (χ1n) is 6.36. The summed E-state index contributed by atoms with van der Waals surface area (Å²) in [6.45, 7) is 0. The third-order valence-electron chi connectivity index (χ3n) is 3.49. The second-order valence-corrected chi connectivity index (χ2v) is 7.75. The Labute approximate surface area is 126 Å². The van der Waals surface area contributed by atoms with E-state index in [0.29, 0.717) is 5.25 Å².